The van der Waals surface area contributed by atoms with Gasteiger partial charge in [0, 0.05) is 7.05 Å². The molecule has 0 unspecified atom stereocenters. The highest BCUT2D eigenvalue weighted by molar-refractivity contribution is 7.90. The minimum absolute atomic E-state index is 0.101. The molecule has 0 fully saturated rings. The predicted octanol–water partition coefficient (Wildman–Crippen LogP) is 0.634. The molecule has 0 aliphatic carbocycles. The average molecular weight is 384 g/mol. The Balaban J connectivity index is 2.41. The van der Waals surface area contributed by atoms with E-state index in [0.717, 1.165) is 4.57 Å². The molecule has 1 heterocycles. The molecule has 1 amide bonds. The van der Waals surface area contributed by atoms with E-state index in [0.29, 0.717) is 10.2 Å². The van der Waals surface area contributed by atoms with Crippen molar-refractivity contribution in [2.45, 2.75) is 25.7 Å². The summed E-state index contributed by atoms with van der Waals surface area (Å²) < 4.78 is 39.0. The van der Waals surface area contributed by atoms with E-state index in [-0.39, 0.29) is 29.9 Å². The van der Waals surface area contributed by atoms with E-state index in [2.05, 4.69) is 5.10 Å². The van der Waals surface area contributed by atoms with Crippen LogP contribution in [0.25, 0.3) is 0 Å². The Morgan fingerprint density at radius 1 is 1.23 bits per heavy atom. The highest BCUT2D eigenvalue weighted by Gasteiger charge is 2.27. The van der Waals surface area contributed by atoms with Gasteiger partial charge in [0.25, 0.3) is 10.0 Å². The second-order valence-corrected chi connectivity index (χ2v) is 6.83. The van der Waals surface area contributed by atoms with Gasteiger partial charge in [-0.15, -0.1) is 9.78 Å². The lowest BCUT2D eigenvalue weighted by atomic mass is 10.2. The molecule has 0 aliphatic rings. The summed E-state index contributed by atoms with van der Waals surface area (Å²) in [6.07, 6.45) is 0. The van der Waals surface area contributed by atoms with Crippen molar-refractivity contribution < 1.29 is 22.7 Å². The van der Waals surface area contributed by atoms with Gasteiger partial charge >= 0.3 is 17.7 Å². The van der Waals surface area contributed by atoms with Gasteiger partial charge in [0.15, 0.2) is 0 Å². The van der Waals surface area contributed by atoms with E-state index in [4.69, 9.17) is 9.47 Å². The van der Waals surface area contributed by atoms with E-state index < -0.39 is 21.7 Å². The quantitative estimate of drug-likeness (QED) is 0.775. The van der Waals surface area contributed by atoms with E-state index in [9.17, 15) is 18.0 Å². The molecule has 10 nitrogen and oxygen atoms in total. The maximum Gasteiger partial charge on any atom is 0.360 e. The number of aromatic nitrogens is 3. The zero-order valence-corrected chi connectivity index (χ0v) is 15.7. The van der Waals surface area contributed by atoms with Crippen molar-refractivity contribution in [3.8, 4) is 11.8 Å². The molecule has 0 radical (unpaired) electrons. The first kappa shape index (κ1) is 19.5. The molecule has 142 valence electrons. The molecule has 0 spiro atoms. The van der Waals surface area contributed by atoms with Crippen LogP contribution in [0.3, 0.4) is 0 Å². The van der Waals surface area contributed by atoms with Crippen LogP contribution in [0.4, 0.5) is 4.79 Å². The number of nitrogens with zero attached hydrogens (tertiary/aromatic N) is 3. The SMILES string of the molecule is CCOc1cccc(C)c1S(=O)(=O)NC(=O)n1nc(OCC)n(C)c1=O. The standard InChI is InChI=1S/C15H20N4O6S/c1-5-24-11-9-7-8-10(3)12(11)26(22,23)17-13(20)19-15(21)18(4)14(16-19)25-6-2/h7-9H,5-6H2,1-4H3,(H,17,20). The fourth-order valence-electron chi connectivity index (χ4n) is 2.25. The normalized spacial score (nSPS) is 11.2. The highest BCUT2D eigenvalue weighted by Crippen LogP contribution is 2.27. The number of hydrogen-bond acceptors (Lipinski definition) is 7. The van der Waals surface area contributed by atoms with E-state index in [1.807, 2.05) is 4.72 Å². The van der Waals surface area contributed by atoms with E-state index in [1.54, 1.807) is 32.9 Å². The van der Waals surface area contributed by atoms with Crippen LogP contribution in [0.15, 0.2) is 27.9 Å². The minimum Gasteiger partial charge on any atom is -0.492 e. The Labute approximate surface area is 150 Å². The van der Waals surface area contributed by atoms with E-state index in [1.165, 1.54) is 13.1 Å². The number of aryl methyl sites for hydroxylation is 1. The van der Waals surface area contributed by atoms with E-state index >= 15 is 0 Å². The number of amides is 1. The number of carbonyl (C=O) groups is 1. The Hall–Kier alpha value is -2.82. The molecule has 11 heteroatoms. The van der Waals surface area contributed by atoms with Crippen LogP contribution in [0, 0.1) is 6.92 Å². The molecule has 0 atom stereocenters. The lowest BCUT2D eigenvalue weighted by Gasteiger charge is -2.13. The van der Waals surface area contributed by atoms with Gasteiger partial charge in [-0.2, -0.15) is 0 Å². The number of hydrogen-bond donors (Lipinski definition) is 1. The summed E-state index contributed by atoms with van der Waals surface area (Å²) in [6, 6.07) is 3.37. The molecule has 0 bridgehead atoms. The molecular weight excluding hydrogens is 364 g/mol. The van der Waals surface area contributed by atoms with Crippen LogP contribution in [0.1, 0.15) is 19.4 Å². The molecule has 26 heavy (non-hydrogen) atoms. The summed E-state index contributed by atoms with van der Waals surface area (Å²) in [5.41, 5.74) is -0.449. The van der Waals surface area contributed by atoms with Crippen LogP contribution in [0.5, 0.6) is 11.8 Å². The lowest BCUT2D eigenvalue weighted by Crippen LogP contribution is -2.40. The van der Waals surface area contributed by atoms with Crippen molar-refractivity contribution in [3.05, 3.63) is 34.2 Å². The number of ether oxygens (including phenoxy) is 2. The van der Waals surface area contributed by atoms with Gasteiger partial charge in [-0.1, -0.05) is 12.1 Å². The van der Waals surface area contributed by atoms with Gasteiger partial charge < -0.3 is 9.47 Å². The molecule has 2 rings (SSSR count). The smallest absolute Gasteiger partial charge is 0.360 e. The molecule has 1 aromatic heterocycles. The Bertz CT molecular complexity index is 977. The third-order valence-corrected chi connectivity index (χ3v) is 4.88. The van der Waals surface area contributed by atoms with Crippen LogP contribution < -0.4 is 19.9 Å². The third kappa shape index (κ3) is 3.72. The molecule has 0 saturated carbocycles. The first-order chi connectivity index (χ1) is 12.2. The highest BCUT2D eigenvalue weighted by atomic mass is 32.2. The van der Waals surface area contributed by atoms with Crippen molar-refractivity contribution in [2.24, 2.45) is 7.05 Å². The summed E-state index contributed by atoms with van der Waals surface area (Å²) in [7, 11) is -2.94. The van der Waals surface area contributed by atoms with Gasteiger partial charge in [-0.25, -0.2) is 27.3 Å². The van der Waals surface area contributed by atoms with Crippen LogP contribution in [-0.2, 0) is 17.1 Å². The zero-order valence-electron chi connectivity index (χ0n) is 14.8. The summed E-state index contributed by atoms with van der Waals surface area (Å²) in [6.45, 7) is 5.44. The third-order valence-electron chi connectivity index (χ3n) is 3.37. The first-order valence-corrected chi connectivity index (χ1v) is 9.29. The van der Waals surface area contributed by atoms with Crippen LogP contribution in [-0.4, -0.2) is 42.0 Å². The summed E-state index contributed by atoms with van der Waals surface area (Å²) >= 11 is 0. The number of nitrogens with one attached hydrogen (secondary N) is 1. The Morgan fingerprint density at radius 3 is 2.50 bits per heavy atom. The van der Waals surface area contributed by atoms with Crippen LogP contribution >= 0.6 is 0 Å². The Kier molecular flexibility index (Phi) is 5.70. The first-order valence-electron chi connectivity index (χ1n) is 7.81. The fourth-order valence-corrected chi connectivity index (χ4v) is 3.56. The second kappa shape index (κ2) is 7.60. The number of sulfonamides is 1. The second-order valence-electron chi connectivity index (χ2n) is 5.21. The summed E-state index contributed by atoms with van der Waals surface area (Å²) in [4.78, 5) is 24.2. The lowest BCUT2D eigenvalue weighted by molar-refractivity contribution is 0.242. The largest absolute Gasteiger partial charge is 0.492 e. The topological polar surface area (TPSA) is 122 Å². The van der Waals surface area contributed by atoms with Gasteiger partial charge in [0.05, 0.1) is 13.2 Å². The van der Waals surface area contributed by atoms with Crippen molar-refractivity contribution >= 4 is 16.1 Å². The molecule has 0 saturated heterocycles. The maximum absolute atomic E-state index is 12.7. The van der Waals surface area contributed by atoms with Gasteiger partial charge in [-0.3, -0.25) is 0 Å². The molecule has 1 aromatic carbocycles. The monoisotopic (exact) mass is 384 g/mol. The molecular formula is C15H20N4O6S. The number of carbonyl (C=O) groups excluding carboxylic acids is 1. The average Bonchev–Trinajstić information content (AvgIpc) is 2.83. The van der Waals surface area contributed by atoms with Crippen LogP contribution in [0.2, 0.25) is 0 Å². The zero-order chi connectivity index (χ0) is 19.5. The van der Waals surface area contributed by atoms with Crippen molar-refractivity contribution in [3.63, 3.8) is 0 Å². The van der Waals surface area contributed by atoms with Gasteiger partial charge in [0.2, 0.25) is 0 Å². The Morgan fingerprint density at radius 2 is 1.88 bits per heavy atom. The van der Waals surface area contributed by atoms with Gasteiger partial charge in [-0.05, 0) is 32.4 Å². The van der Waals surface area contributed by atoms with Crippen molar-refractivity contribution in [2.75, 3.05) is 13.2 Å². The van der Waals surface area contributed by atoms with Gasteiger partial charge in [0.1, 0.15) is 10.6 Å². The van der Waals surface area contributed by atoms with Crippen molar-refractivity contribution in [1.29, 1.82) is 0 Å². The number of benzene rings is 1. The number of rotatable bonds is 6. The minimum atomic E-state index is -4.30. The molecule has 2 aromatic rings. The predicted molar refractivity (Wildman–Crippen MR) is 92.1 cm³/mol. The summed E-state index contributed by atoms with van der Waals surface area (Å²) in [5.74, 6) is 0.108. The molecule has 1 N–H and O–H groups in total. The van der Waals surface area contributed by atoms with Crippen molar-refractivity contribution in [1.82, 2.24) is 19.1 Å². The molecule has 0 aliphatic heterocycles. The fraction of sp³-hybridized carbons (Fsp3) is 0.400. The summed E-state index contributed by atoms with van der Waals surface area (Å²) in [5, 5.41) is 3.70. The maximum atomic E-state index is 12.7.